The Morgan fingerprint density at radius 3 is 2.74 bits per heavy atom. The second-order valence-electron chi connectivity index (χ2n) is 5.42. The summed E-state index contributed by atoms with van der Waals surface area (Å²) < 4.78 is 22.7. The Hall–Kier alpha value is -0.870. The zero-order valence-electron chi connectivity index (χ0n) is 11.8. The molecule has 0 amide bonds. The average molecular weight is 281 g/mol. The first kappa shape index (κ1) is 14.5. The fourth-order valence-corrected chi connectivity index (χ4v) is 3.43. The van der Waals surface area contributed by atoms with Gasteiger partial charge in [0.1, 0.15) is 9.84 Å². The minimum atomic E-state index is -2.88. The summed E-state index contributed by atoms with van der Waals surface area (Å²) in [6, 6.07) is 8.96. The third-order valence-corrected chi connectivity index (χ3v) is 4.76. The molecule has 4 heteroatoms. The van der Waals surface area contributed by atoms with E-state index in [9.17, 15) is 8.42 Å². The van der Waals surface area contributed by atoms with Crippen LogP contribution in [-0.2, 0) is 16.3 Å². The number of rotatable bonds is 5. The van der Waals surface area contributed by atoms with Gasteiger partial charge in [0.15, 0.2) is 0 Å². The van der Waals surface area contributed by atoms with E-state index in [0.29, 0.717) is 12.6 Å². The number of hydrogen-bond acceptors (Lipinski definition) is 3. The zero-order valence-corrected chi connectivity index (χ0v) is 12.6. The lowest BCUT2D eigenvalue weighted by molar-refractivity contribution is 0.185. The van der Waals surface area contributed by atoms with E-state index in [0.717, 1.165) is 25.8 Å². The van der Waals surface area contributed by atoms with Gasteiger partial charge in [-0.1, -0.05) is 37.6 Å². The van der Waals surface area contributed by atoms with Crippen LogP contribution in [0.25, 0.3) is 0 Å². The van der Waals surface area contributed by atoms with Crippen molar-refractivity contribution < 1.29 is 8.42 Å². The third-order valence-electron chi connectivity index (χ3n) is 3.83. The van der Waals surface area contributed by atoms with Crippen LogP contribution >= 0.6 is 0 Å². The fraction of sp³-hybridized carbons (Fsp3) is 0.600. The van der Waals surface area contributed by atoms with E-state index in [1.807, 2.05) is 0 Å². The van der Waals surface area contributed by atoms with Crippen molar-refractivity contribution in [1.82, 2.24) is 4.90 Å². The summed E-state index contributed by atoms with van der Waals surface area (Å²) in [6.45, 7) is 3.81. The SMILES string of the molecule is CCC[C@H]1c2ccccc2CCN1CCS(C)(=O)=O. The van der Waals surface area contributed by atoms with Gasteiger partial charge in [-0.25, -0.2) is 8.42 Å². The number of fused-ring (bicyclic) bond motifs is 1. The van der Waals surface area contributed by atoms with E-state index in [1.165, 1.54) is 17.4 Å². The molecular formula is C15H23NO2S. The molecule has 0 bridgehead atoms. The fourth-order valence-electron chi connectivity index (χ4n) is 2.87. The highest BCUT2D eigenvalue weighted by molar-refractivity contribution is 7.90. The quantitative estimate of drug-likeness (QED) is 0.832. The maximum Gasteiger partial charge on any atom is 0.148 e. The molecule has 0 radical (unpaired) electrons. The Morgan fingerprint density at radius 1 is 1.32 bits per heavy atom. The van der Waals surface area contributed by atoms with Gasteiger partial charge in [-0.05, 0) is 24.0 Å². The summed E-state index contributed by atoms with van der Waals surface area (Å²) in [4.78, 5) is 2.34. The minimum Gasteiger partial charge on any atom is -0.295 e. The van der Waals surface area contributed by atoms with E-state index in [1.54, 1.807) is 0 Å². The van der Waals surface area contributed by atoms with Gasteiger partial charge in [0, 0.05) is 25.4 Å². The first-order valence-electron chi connectivity index (χ1n) is 7.01. The van der Waals surface area contributed by atoms with Crippen LogP contribution in [0.2, 0.25) is 0 Å². The smallest absolute Gasteiger partial charge is 0.148 e. The van der Waals surface area contributed by atoms with Crippen LogP contribution in [0, 0.1) is 0 Å². The van der Waals surface area contributed by atoms with E-state index in [2.05, 4.69) is 36.1 Å². The Bertz CT molecular complexity index is 525. The molecule has 0 spiro atoms. The molecule has 19 heavy (non-hydrogen) atoms. The summed E-state index contributed by atoms with van der Waals surface area (Å²) in [7, 11) is -2.88. The molecule has 1 aromatic rings. The van der Waals surface area contributed by atoms with Crippen molar-refractivity contribution in [3.05, 3.63) is 35.4 Å². The van der Waals surface area contributed by atoms with Gasteiger partial charge >= 0.3 is 0 Å². The molecule has 1 aliphatic rings. The average Bonchev–Trinajstić information content (AvgIpc) is 2.37. The normalized spacial score (nSPS) is 20.2. The lowest BCUT2D eigenvalue weighted by atomic mass is 9.90. The predicted molar refractivity (Wildman–Crippen MR) is 79.1 cm³/mol. The van der Waals surface area contributed by atoms with Crippen LogP contribution in [0.5, 0.6) is 0 Å². The van der Waals surface area contributed by atoms with Crippen molar-refractivity contribution in [1.29, 1.82) is 0 Å². The van der Waals surface area contributed by atoms with Gasteiger partial charge in [0.2, 0.25) is 0 Å². The molecule has 0 N–H and O–H groups in total. The van der Waals surface area contributed by atoms with Crippen molar-refractivity contribution >= 4 is 9.84 Å². The zero-order chi connectivity index (χ0) is 13.9. The van der Waals surface area contributed by atoms with Crippen molar-refractivity contribution in [3.8, 4) is 0 Å². The molecule has 0 unspecified atom stereocenters. The molecule has 0 aliphatic carbocycles. The molecule has 106 valence electrons. The number of benzene rings is 1. The third kappa shape index (κ3) is 3.80. The standard InChI is InChI=1S/C15H23NO2S/c1-3-6-15-14-8-5-4-7-13(14)9-10-16(15)11-12-19(2,17)18/h4-5,7-8,15H,3,6,9-12H2,1-2H3/t15-/m0/s1. The van der Waals surface area contributed by atoms with Crippen molar-refractivity contribution in [3.63, 3.8) is 0 Å². The van der Waals surface area contributed by atoms with Crippen LogP contribution < -0.4 is 0 Å². The highest BCUT2D eigenvalue weighted by Crippen LogP contribution is 2.32. The molecule has 0 aromatic heterocycles. The molecule has 1 heterocycles. The molecule has 1 aromatic carbocycles. The molecule has 2 rings (SSSR count). The second-order valence-corrected chi connectivity index (χ2v) is 7.68. The van der Waals surface area contributed by atoms with Crippen LogP contribution in [0.1, 0.15) is 36.9 Å². The van der Waals surface area contributed by atoms with Crippen molar-refractivity contribution in [2.24, 2.45) is 0 Å². The molecule has 3 nitrogen and oxygen atoms in total. The first-order chi connectivity index (χ1) is 9.01. The van der Waals surface area contributed by atoms with E-state index >= 15 is 0 Å². The molecular weight excluding hydrogens is 258 g/mol. The van der Waals surface area contributed by atoms with Crippen molar-refractivity contribution in [2.75, 3.05) is 25.1 Å². The first-order valence-corrected chi connectivity index (χ1v) is 9.07. The van der Waals surface area contributed by atoms with Crippen LogP contribution in [0.15, 0.2) is 24.3 Å². The molecule has 1 atom stereocenters. The van der Waals surface area contributed by atoms with Gasteiger partial charge in [-0.3, -0.25) is 4.90 Å². The van der Waals surface area contributed by atoms with Crippen LogP contribution in [-0.4, -0.2) is 38.4 Å². The van der Waals surface area contributed by atoms with Gasteiger partial charge in [0.25, 0.3) is 0 Å². The summed E-state index contributed by atoms with van der Waals surface area (Å²) >= 11 is 0. The Balaban J connectivity index is 2.17. The molecule has 1 aliphatic heterocycles. The number of sulfone groups is 1. The largest absolute Gasteiger partial charge is 0.295 e. The Kier molecular flexibility index (Phi) is 4.63. The van der Waals surface area contributed by atoms with Crippen LogP contribution in [0.3, 0.4) is 0 Å². The van der Waals surface area contributed by atoms with Gasteiger partial charge in [0.05, 0.1) is 5.75 Å². The summed E-state index contributed by atoms with van der Waals surface area (Å²) in [5, 5.41) is 0. The Morgan fingerprint density at radius 2 is 2.05 bits per heavy atom. The number of hydrogen-bond donors (Lipinski definition) is 0. The van der Waals surface area contributed by atoms with E-state index in [-0.39, 0.29) is 5.75 Å². The highest BCUT2D eigenvalue weighted by Gasteiger charge is 2.26. The Labute approximate surface area is 116 Å². The molecule has 0 saturated heterocycles. The number of nitrogens with zero attached hydrogens (tertiary/aromatic N) is 1. The summed E-state index contributed by atoms with van der Waals surface area (Å²) in [6.07, 6.45) is 4.56. The van der Waals surface area contributed by atoms with Crippen LogP contribution in [0.4, 0.5) is 0 Å². The topological polar surface area (TPSA) is 37.4 Å². The van der Waals surface area contributed by atoms with Crippen molar-refractivity contribution in [2.45, 2.75) is 32.2 Å². The maximum atomic E-state index is 11.4. The summed E-state index contributed by atoms with van der Waals surface area (Å²) in [5.74, 6) is 0.259. The van der Waals surface area contributed by atoms with E-state index in [4.69, 9.17) is 0 Å². The second kappa shape index (κ2) is 6.06. The molecule has 0 saturated carbocycles. The van der Waals surface area contributed by atoms with Gasteiger partial charge < -0.3 is 0 Å². The van der Waals surface area contributed by atoms with Gasteiger partial charge in [-0.15, -0.1) is 0 Å². The maximum absolute atomic E-state index is 11.4. The lowest BCUT2D eigenvalue weighted by Gasteiger charge is -2.37. The molecule has 0 fully saturated rings. The summed E-state index contributed by atoms with van der Waals surface area (Å²) in [5.41, 5.74) is 2.82. The minimum absolute atomic E-state index is 0.259. The predicted octanol–water partition coefficient (Wildman–Crippen LogP) is 2.43. The highest BCUT2D eigenvalue weighted by atomic mass is 32.2. The lowest BCUT2D eigenvalue weighted by Crippen LogP contribution is -2.38. The monoisotopic (exact) mass is 281 g/mol. The van der Waals surface area contributed by atoms with Gasteiger partial charge in [-0.2, -0.15) is 0 Å². The van der Waals surface area contributed by atoms with E-state index < -0.39 is 9.84 Å².